The van der Waals surface area contributed by atoms with E-state index in [-0.39, 0.29) is 0 Å². The van der Waals surface area contributed by atoms with Crippen LogP contribution in [0.15, 0.2) is 23.1 Å². The molecule has 0 amide bonds. The van der Waals surface area contributed by atoms with Crippen molar-refractivity contribution in [3.63, 3.8) is 0 Å². The molecular formula is C15H22ClNO2S. The van der Waals surface area contributed by atoms with Gasteiger partial charge in [0.15, 0.2) is 0 Å². The highest BCUT2D eigenvalue weighted by molar-refractivity contribution is 7.89. The van der Waals surface area contributed by atoms with Crippen LogP contribution in [-0.2, 0) is 22.3 Å². The van der Waals surface area contributed by atoms with E-state index in [0.717, 1.165) is 24.0 Å². The molecule has 1 aromatic carbocycles. The lowest BCUT2D eigenvalue weighted by atomic mass is 10.1. The fraction of sp³-hybridized carbons (Fsp3) is 0.600. The van der Waals surface area contributed by atoms with Gasteiger partial charge in [-0.25, -0.2) is 8.42 Å². The van der Waals surface area contributed by atoms with Crippen molar-refractivity contribution in [1.29, 1.82) is 0 Å². The van der Waals surface area contributed by atoms with Gasteiger partial charge in [0.05, 0.1) is 4.90 Å². The summed E-state index contributed by atoms with van der Waals surface area (Å²) in [7, 11) is -3.38. The number of rotatable bonds is 5. The highest BCUT2D eigenvalue weighted by Crippen LogP contribution is 2.28. The zero-order valence-corrected chi connectivity index (χ0v) is 13.7. The van der Waals surface area contributed by atoms with Crippen LogP contribution in [-0.4, -0.2) is 25.8 Å². The summed E-state index contributed by atoms with van der Waals surface area (Å²) in [4.78, 5) is 0.440. The second-order valence-electron chi connectivity index (χ2n) is 5.36. The molecule has 0 bridgehead atoms. The molecule has 1 fully saturated rings. The molecule has 0 saturated carbocycles. The number of halogens is 1. The lowest BCUT2D eigenvalue weighted by molar-refractivity contribution is 0.452. The summed E-state index contributed by atoms with van der Waals surface area (Å²) in [6, 6.07) is 5.53. The van der Waals surface area contributed by atoms with Crippen LogP contribution in [0, 0.1) is 5.92 Å². The predicted molar refractivity (Wildman–Crippen MR) is 82.5 cm³/mol. The first kappa shape index (κ1) is 15.8. The second kappa shape index (κ2) is 6.46. The predicted octanol–water partition coefficient (Wildman–Crippen LogP) is 3.41. The highest BCUT2D eigenvalue weighted by Gasteiger charge is 2.32. The number of alkyl halides is 1. The quantitative estimate of drug-likeness (QED) is 0.781. The van der Waals surface area contributed by atoms with E-state index in [1.807, 2.05) is 19.1 Å². The molecule has 1 saturated heterocycles. The van der Waals surface area contributed by atoms with Crippen molar-refractivity contribution in [3.05, 3.63) is 29.3 Å². The molecule has 0 aliphatic carbocycles. The molecule has 1 aliphatic rings. The maximum absolute atomic E-state index is 12.8. The van der Waals surface area contributed by atoms with E-state index < -0.39 is 10.0 Å². The first-order valence-electron chi connectivity index (χ1n) is 7.20. The summed E-state index contributed by atoms with van der Waals surface area (Å²) in [6.07, 6.45) is 2.71. The molecular weight excluding hydrogens is 294 g/mol. The van der Waals surface area contributed by atoms with Crippen LogP contribution in [0.5, 0.6) is 0 Å². The Morgan fingerprint density at radius 2 is 2.10 bits per heavy atom. The van der Waals surface area contributed by atoms with Gasteiger partial charge in [-0.15, -0.1) is 11.6 Å². The maximum atomic E-state index is 12.8. The van der Waals surface area contributed by atoms with Gasteiger partial charge in [-0.3, -0.25) is 0 Å². The molecule has 1 aromatic rings. The number of hydrogen-bond donors (Lipinski definition) is 0. The molecule has 0 aromatic heterocycles. The first-order chi connectivity index (χ1) is 9.52. The molecule has 1 unspecified atom stereocenters. The minimum Gasteiger partial charge on any atom is -0.207 e. The fourth-order valence-corrected chi connectivity index (χ4v) is 4.74. The van der Waals surface area contributed by atoms with Crippen LogP contribution in [0.4, 0.5) is 0 Å². The molecule has 2 rings (SSSR count). The summed E-state index contributed by atoms with van der Waals surface area (Å²) < 4.78 is 27.3. The van der Waals surface area contributed by atoms with Crippen molar-refractivity contribution in [2.24, 2.45) is 5.92 Å². The molecule has 5 heteroatoms. The Labute approximate surface area is 127 Å². The average Bonchev–Trinajstić information content (AvgIpc) is 2.96. The zero-order valence-electron chi connectivity index (χ0n) is 12.1. The molecule has 1 aliphatic heterocycles. The van der Waals surface area contributed by atoms with Crippen LogP contribution in [0.3, 0.4) is 0 Å². The maximum Gasteiger partial charge on any atom is 0.243 e. The van der Waals surface area contributed by atoms with E-state index in [2.05, 4.69) is 6.92 Å². The van der Waals surface area contributed by atoms with Gasteiger partial charge in [-0.2, -0.15) is 4.31 Å². The number of sulfonamides is 1. The van der Waals surface area contributed by atoms with E-state index in [9.17, 15) is 8.42 Å². The van der Waals surface area contributed by atoms with Crippen molar-refractivity contribution < 1.29 is 8.42 Å². The smallest absolute Gasteiger partial charge is 0.207 e. The Balaban J connectivity index is 2.38. The van der Waals surface area contributed by atoms with Crippen LogP contribution in [0.2, 0.25) is 0 Å². The van der Waals surface area contributed by atoms with Gasteiger partial charge in [0, 0.05) is 19.0 Å². The van der Waals surface area contributed by atoms with Gasteiger partial charge >= 0.3 is 0 Å². The fourth-order valence-electron chi connectivity index (χ4n) is 2.70. The summed E-state index contributed by atoms with van der Waals surface area (Å²) in [5.41, 5.74) is 1.73. The lowest BCUT2D eigenvalue weighted by Gasteiger charge is -2.19. The van der Waals surface area contributed by atoms with E-state index in [1.165, 1.54) is 0 Å². The van der Waals surface area contributed by atoms with Gasteiger partial charge in [-0.1, -0.05) is 32.4 Å². The number of benzene rings is 1. The first-order valence-corrected chi connectivity index (χ1v) is 9.18. The number of aryl methyl sites for hydroxylation is 1. The second-order valence-corrected chi connectivity index (χ2v) is 7.53. The number of hydrogen-bond acceptors (Lipinski definition) is 2. The monoisotopic (exact) mass is 315 g/mol. The zero-order chi connectivity index (χ0) is 14.8. The minimum absolute atomic E-state index is 0.337. The Morgan fingerprint density at radius 1 is 1.35 bits per heavy atom. The van der Waals surface area contributed by atoms with E-state index in [0.29, 0.717) is 36.2 Å². The standard InChI is InChI=1S/C15H22ClNO2S/c1-3-12-7-8-17(11-12)20(18,19)15-9-13(10-16)5-6-14(15)4-2/h5-6,9,12H,3-4,7-8,10-11H2,1-2H3. The van der Waals surface area contributed by atoms with E-state index in [1.54, 1.807) is 10.4 Å². The minimum atomic E-state index is -3.38. The van der Waals surface area contributed by atoms with Crippen LogP contribution >= 0.6 is 11.6 Å². The summed E-state index contributed by atoms with van der Waals surface area (Å²) >= 11 is 5.84. The van der Waals surface area contributed by atoms with E-state index in [4.69, 9.17) is 11.6 Å². The van der Waals surface area contributed by atoms with E-state index >= 15 is 0 Å². The molecule has 0 radical (unpaired) electrons. The van der Waals surface area contributed by atoms with Crippen LogP contribution < -0.4 is 0 Å². The normalized spacial score (nSPS) is 20.4. The molecule has 3 nitrogen and oxygen atoms in total. The van der Waals surface area contributed by atoms with Crippen molar-refractivity contribution in [1.82, 2.24) is 4.31 Å². The van der Waals surface area contributed by atoms with Crippen LogP contribution in [0.25, 0.3) is 0 Å². The Hall–Kier alpha value is -0.580. The molecule has 1 atom stereocenters. The van der Waals surface area contributed by atoms with Crippen molar-refractivity contribution in [2.75, 3.05) is 13.1 Å². The average molecular weight is 316 g/mol. The van der Waals surface area contributed by atoms with Gasteiger partial charge < -0.3 is 0 Å². The highest BCUT2D eigenvalue weighted by atomic mass is 35.5. The molecule has 20 heavy (non-hydrogen) atoms. The third kappa shape index (κ3) is 3.02. The molecule has 1 heterocycles. The van der Waals surface area contributed by atoms with Gasteiger partial charge in [0.25, 0.3) is 0 Å². The third-order valence-corrected chi connectivity index (χ3v) is 6.37. The summed E-state index contributed by atoms with van der Waals surface area (Å²) in [6.45, 7) is 5.38. The Morgan fingerprint density at radius 3 is 2.65 bits per heavy atom. The Kier molecular flexibility index (Phi) is 5.10. The molecule has 0 N–H and O–H groups in total. The molecule has 0 spiro atoms. The Bertz CT molecular complexity index is 571. The van der Waals surface area contributed by atoms with Crippen molar-refractivity contribution in [3.8, 4) is 0 Å². The van der Waals surface area contributed by atoms with Gasteiger partial charge in [-0.05, 0) is 36.0 Å². The van der Waals surface area contributed by atoms with Crippen LogP contribution in [0.1, 0.15) is 37.8 Å². The topological polar surface area (TPSA) is 37.4 Å². The lowest BCUT2D eigenvalue weighted by Crippen LogP contribution is -2.29. The number of nitrogens with zero attached hydrogens (tertiary/aromatic N) is 1. The SMILES string of the molecule is CCc1ccc(CCl)cc1S(=O)(=O)N1CCC(CC)C1. The van der Waals surface area contributed by atoms with Crippen molar-refractivity contribution >= 4 is 21.6 Å². The molecule has 112 valence electrons. The summed E-state index contributed by atoms with van der Waals surface area (Å²) in [5.74, 6) is 0.829. The van der Waals surface area contributed by atoms with Gasteiger partial charge in [0.1, 0.15) is 0 Å². The summed E-state index contributed by atoms with van der Waals surface area (Å²) in [5, 5.41) is 0. The largest absolute Gasteiger partial charge is 0.243 e. The third-order valence-electron chi connectivity index (χ3n) is 4.11. The van der Waals surface area contributed by atoms with Crippen molar-refractivity contribution in [2.45, 2.75) is 43.9 Å². The van der Waals surface area contributed by atoms with Gasteiger partial charge in [0.2, 0.25) is 10.0 Å².